The molecule has 0 unspecified atom stereocenters. The molecule has 0 radical (unpaired) electrons. The second-order valence-corrected chi connectivity index (χ2v) is 4.72. The number of aliphatic hydroxyl groups excluding tert-OH is 1. The smallest absolute Gasteiger partial charge is 0.397 e. The van der Waals surface area contributed by atoms with Gasteiger partial charge in [-0.3, -0.25) is 0 Å². The number of anilines is 2. The summed E-state index contributed by atoms with van der Waals surface area (Å²) in [6.07, 6.45) is -1.81. The van der Waals surface area contributed by atoms with E-state index < -0.39 is 17.3 Å². The second kappa shape index (κ2) is 4.35. The van der Waals surface area contributed by atoms with E-state index in [0.29, 0.717) is 5.69 Å². The van der Waals surface area contributed by atoms with Crippen LogP contribution in [-0.2, 0) is 6.18 Å². The summed E-state index contributed by atoms with van der Waals surface area (Å²) in [5, 5.41) is 12.3. The Kier molecular flexibility index (Phi) is 3.14. The van der Waals surface area contributed by atoms with Crippen molar-refractivity contribution in [3.05, 3.63) is 23.8 Å². The van der Waals surface area contributed by atoms with Crippen molar-refractivity contribution < 1.29 is 18.3 Å². The Labute approximate surface area is 103 Å². The van der Waals surface area contributed by atoms with E-state index in [9.17, 15) is 18.3 Å². The molecule has 0 bridgehead atoms. The van der Waals surface area contributed by atoms with Crippen LogP contribution in [0.3, 0.4) is 0 Å². The monoisotopic (exact) mass is 260 g/mol. The minimum Gasteiger partial charge on any atom is -0.397 e. The lowest BCUT2D eigenvalue weighted by atomic mass is 9.77. The highest BCUT2D eigenvalue weighted by Crippen LogP contribution is 2.38. The molecule has 0 atom stereocenters. The summed E-state index contributed by atoms with van der Waals surface area (Å²) >= 11 is 0. The predicted octanol–water partition coefficient (Wildman–Crippen LogP) is 2.61. The fourth-order valence-corrected chi connectivity index (χ4v) is 2.06. The maximum absolute atomic E-state index is 12.5. The Hall–Kier alpha value is -1.43. The third-order valence-electron chi connectivity index (χ3n) is 3.39. The van der Waals surface area contributed by atoms with Crippen LogP contribution >= 0.6 is 0 Å². The van der Waals surface area contributed by atoms with Crippen molar-refractivity contribution in [2.45, 2.75) is 31.0 Å². The Morgan fingerprint density at radius 2 is 2.00 bits per heavy atom. The van der Waals surface area contributed by atoms with Crippen molar-refractivity contribution in [1.82, 2.24) is 0 Å². The largest absolute Gasteiger partial charge is 0.416 e. The topological polar surface area (TPSA) is 58.3 Å². The maximum Gasteiger partial charge on any atom is 0.416 e. The van der Waals surface area contributed by atoms with Crippen LogP contribution in [0.4, 0.5) is 24.5 Å². The Balaban J connectivity index is 2.20. The van der Waals surface area contributed by atoms with E-state index in [2.05, 4.69) is 5.32 Å². The fourth-order valence-electron chi connectivity index (χ4n) is 2.06. The molecule has 18 heavy (non-hydrogen) atoms. The average molecular weight is 260 g/mol. The molecule has 0 aliphatic heterocycles. The number of alkyl halides is 3. The standard InChI is InChI=1S/C12H15F3N2O/c13-12(14,15)8-2-3-10(9(16)6-8)17-11(7-18)4-1-5-11/h2-3,6,17-18H,1,4-5,7,16H2. The van der Waals surface area contributed by atoms with Gasteiger partial charge in [-0.2, -0.15) is 13.2 Å². The number of hydrogen-bond acceptors (Lipinski definition) is 3. The summed E-state index contributed by atoms with van der Waals surface area (Å²) in [7, 11) is 0. The van der Waals surface area contributed by atoms with Gasteiger partial charge in [0.05, 0.1) is 29.1 Å². The molecule has 1 aliphatic carbocycles. The van der Waals surface area contributed by atoms with Crippen molar-refractivity contribution in [1.29, 1.82) is 0 Å². The minimum atomic E-state index is -4.39. The summed E-state index contributed by atoms with van der Waals surface area (Å²) in [6, 6.07) is 3.21. The number of nitrogens with two attached hydrogens (primary N) is 1. The van der Waals surface area contributed by atoms with Crippen molar-refractivity contribution in [3.8, 4) is 0 Å². The van der Waals surface area contributed by atoms with Crippen LogP contribution in [0.5, 0.6) is 0 Å². The number of nitrogens with one attached hydrogen (secondary N) is 1. The summed E-state index contributed by atoms with van der Waals surface area (Å²) in [6.45, 7) is -0.0482. The van der Waals surface area contributed by atoms with E-state index in [0.717, 1.165) is 31.4 Å². The van der Waals surface area contributed by atoms with Crippen molar-refractivity contribution in [3.63, 3.8) is 0 Å². The lowest BCUT2D eigenvalue weighted by Gasteiger charge is -2.42. The van der Waals surface area contributed by atoms with Gasteiger partial charge >= 0.3 is 6.18 Å². The fraction of sp³-hybridized carbons (Fsp3) is 0.500. The van der Waals surface area contributed by atoms with Crippen LogP contribution in [0.1, 0.15) is 24.8 Å². The molecule has 1 fully saturated rings. The minimum absolute atomic E-state index is 0.0459. The molecule has 0 amide bonds. The lowest BCUT2D eigenvalue weighted by molar-refractivity contribution is -0.137. The molecule has 0 heterocycles. The number of nitrogen functional groups attached to an aromatic ring is 1. The average Bonchev–Trinajstić information content (AvgIpc) is 2.24. The van der Waals surface area contributed by atoms with Crippen LogP contribution in [0.25, 0.3) is 0 Å². The van der Waals surface area contributed by atoms with Gasteiger partial charge in [0.1, 0.15) is 0 Å². The van der Waals surface area contributed by atoms with Gasteiger partial charge in [0, 0.05) is 0 Å². The first-order valence-electron chi connectivity index (χ1n) is 5.72. The van der Waals surface area contributed by atoms with Crippen molar-refractivity contribution in [2.75, 3.05) is 17.7 Å². The number of rotatable bonds is 3. The highest BCUT2D eigenvalue weighted by Gasteiger charge is 2.37. The Morgan fingerprint density at radius 1 is 1.33 bits per heavy atom. The lowest BCUT2D eigenvalue weighted by Crippen LogP contribution is -2.48. The zero-order valence-corrected chi connectivity index (χ0v) is 9.72. The predicted molar refractivity (Wildman–Crippen MR) is 63.1 cm³/mol. The van der Waals surface area contributed by atoms with E-state index in [-0.39, 0.29) is 12.3 Å². The quantitative estimate of drug-likeness (QED) is 0.732. The summed E-state index contributed by atoms with van der Waals surface area (Å²) in [4.78, 5) is 0. The highest BCUT2D eigenvalue weighted by atomic mass is 19.4. The van der Waals surface area contributed by atoms with Gasteiger partial charge in [-0.25, -0.2) is 0 Å². The molecule has 0 aromatic heterocycles. The van der Waals surface area contributed by atoms with E-state index in [1.54, 1.807) is 0 Å². The number of halogens is 3. The summed E-state index contributed by atoms with van der Waals surface area (Å²) in [5.74, 6) is 0. The van der Waals surface area contributed by atoms with Gasteiger partial charge in [-0.15, -0.1) is 0 Å². The molecule has 1 saturated carbocycles. The molecule has 100 valence electrons. The van der Waals surface area contributed by atoms with Gasteiger partial charge < -0.3 is 16.2 Å². The van der Waals surface area contributed by atoms with Crippen LogP contribution in [-0.4, -0.2) is 17.3 Å². The third-order valence-corrected chi connectivity index (χ3v) is 3.39. The molecular weight excluding hydrogens is 245 g/mol. The molecule has 2 rings (SSSR count). The molecule has 0 spiro atoms. The number of aliphatic hydroxyl groups is 1. The van der Waals surface area contributed by atoms with Crippen LogP contribution in [0.2, 0.25) is 0 Å². The Bertz CT molecular complexity index is 436. The molecule has 1 aliphatic rings. The molecule has 6 heteroatoms. The van der Waals surface area contributed by atoms with Gasteiger partial charge in [0.25, 0.3) is 0 Å². The number of benzene rings is 1. The zero-order chi connectivity index (χ0) is 13.4. The molecule has 1 aromatic rings. The third kappa shape index (κ3) is 2.38. The van der Waals surface area contributed by atoms with Gasteiger partial charge in [0.15, 0.2) is 0 Å². The van der Waals surface area contributed by atoms with E-state index in [4.69, 9.17) is 5.73 Å². The van der Waals surface area contributed by atoms with E-state index >= 15 is 0 Å². The molecule has 1 aromatic carbocycles. The van der Waals surface area contributed by atoms with Crippen molar-refractivity contribution in [2.24, 2.45) is 0 Å². The van der Waals surface area contributed by atoms with E-state index in [1.165, 1.54) is 6.07 Å². The van der Waals surface area contributed by atoms with E-state index in [1.807, 2.05) is 0 Å². The normalized spacial score (nSPS) is 18.2. The molecule has 0 saturated heterocycles. The van der Waals surface area contributed by atoms with Gasteiger partial charge in [-0.05, 0) is 37.5 Å². The first-order chi connectivity index (χ1) is 8.36. The SMILES string of the molecule is Nc1cc(C(F)(F)F)ccc1NC1(CO)CCC1. The zero-order valence-electron chi connectivity index (χ0n) is 9.72. The van der Waals surface area contributed by atoms with Crippen LogP contribution < -0.4 is 11.1 Å². The van der Waals surface area contributed by atoms with Gasteiger partial charge in [0.2, 0.25) is 0 Å². The highest BCUT2D eigenvalue weighted by molar-refractivity contribution is 5.68. The first-order valence-corrected chi connectivity index (χ1v) is 5.72. The molecule has 4 N–H and O–H groups in total. The maximum atomic E-state index is 12.5. The summed E-state index contributed by atoms with van der Waals surface area (Å²) < 4.78 is 37.4. The molecule has 3 nitrogen and oxygen atoms in total. The van der Waals surface area contributed by atoms with Crippen LogP contribution in [0, 0.1) is 0 Å². The first kappa shape index (κ1) is 13.0. The van der Waals surface area contributed by atoms with Gasteiger partial charge in [-0.1, -0.05) is 0 Å². The Morgan fingerprint density at radius 3 is 2.39 bits per heavy atom. The number of hydrogen-bond donors (Lipinski definition) is 3. The summed E-state index contributed by atoms with van der Waals surface area (Å²) in [5.41, 5.74) is 4.91. The second-order valence-electron chi connectivity index (χ2n) is 4.72. The van der Waals surface area contributed by atoms with Crippen molar-refractivity contribution >= 4 is 11.4 Å². The van der Waals surface area contributed by atoms with Crippen LogP contribution in [0.15, 0.2) is 18.2 Å². The molecular formula is C12H15F3N2O.